The fourth-order valence-corrected chi connectivity index (χ4v) is 2.30. The van der Waals surface area contributed by atoms with E-state index in [1.807, 2.05) is 0 Å². The van der Waals surface area contributed by atoms with Crippen LogP contribution >= 0.6 is 0 Å². The van der Waals surface area contributed by atoms with Gasteiger partial charge in [0.1, 0.15) is 11.2 Å². The Morgan fingerprint density at radius 1 is 1.47 bits per heavy atom. The van der Waals surface area contributed by atoms with Crippen molar-refractivity contribution >= 4 is 0 Å². The minimum Gasteiger partial charge on any atom is -0.372 e. The molecule has 0 saturated heterocycles. The number of nitriles is 1. The number of aliphatic hydroxyl groups is 1. The Hall–Kier alpha value is -1.84. The van der Waals surface area contributed by atoms with Crippen LogP contribution in [0.3, 0.4) is 0 Å². The summed E-state index contributed by atoms with van der Waals surface area (Å²) in [6.07, 6.45) is 7.33. The number of terminal acetylenes is 1. The van der Waals surface area contributed by atoms with E-state index < -0.39 is 16.8 Å². The average Bonchev–Trinajstić information content (AvgIpc) is 2.28. The molecule has 0 aromatic heterocycles. The van der Waals surface area contributed by atoms with Crippen molar-refractivity contribution in [3.8, 4) is 18.4 Å². The summed E-state index contributed by atoms with van der Waals surface area (Å²) < 4.78 is 13.2. The van der Waals surface area contributed by atoms with Crippen LogP contribution in [-0.4, -0.2) is 5.11 Å². The van der Waals surface area contributed by atoms with Crippen molar-refractivity contribution in [2.45, 2.75) is 24.9 Å². The summed E-state index contributed by atoms with van der Waals surface area (Å²) in [6, 6.07) is 7.62. The highest BCUT2D eigenvalue weighted by atomic mass is 19.1. The van der Waals surface area contributed by atoms with Crippen molar-refractivity contribution in [2.75, 3.05) is 0 Å². The van der Waals surface area contributed by atoms with Gasteiger partial charge in [-0.25, -0.2) is 4.39 Å². The van der Waals surface area contributed by atoms with Gasteiger partial charge in [-0.2, -0.15) is 5.26 Å². The summed E-state index contributed by atoms with van der Waals surface area (Å²) in [6.45, 7) is 0. The summed E-state index contributed by atoms with van der Waals surface area (Å²) in [5, 5.41) is 19.8. The Balaban J connectivity index is 2.53. The average molecular weight is 229 g/mol. The maximum absolute atomic E-state index is 13.2. The van der Waals surface area contributed by atoms with Crippen molar-refractivity contribution in [2.24, 2.45) is 5.41 Å². The second-order valence-corrected chi connectivity index (χ2v) is 4.41. The van der Waals surface area contributed by atoms with Gasteiger partial charge in [-0.3, -0.25) is 0 Å². The lowest BCUT2D eigenvalue weighted by Gasteiger charge is -2.45. The number of hydrogen-bond acceptors (Lipinski definition) is 2. The van der Waals surface area contributed by atoms with E-state index in [1.54, 1.807) is 6.07 Å². The predicted molar refractivity (Wildman–Crippen MR) is 61.0 cm³/mol. The third kappa shape index (κ3) is 1.52. The molecule has 1 aromatic rings. The Labute approximate surface area is 99.7 Å². The van der Waals surface area contributed by atoms with Crippen LogP contribution in [0.2, 0.25) is 0 Å². The van der Waals surface area contributed by atoms with Crippen molar-refractivity contribution in [1.82, 2.24) is 0 Å². The van der Waals surface area contributed by atoms with Crippen LogP contribution in [0.1, 0.15) is 24.8 Å². The van der Waals surface area contributed by atoms with Crippen LogP contribution in [0.4, 0.5) is 4.39 Å². The Morgan fingerprint density at radius 3 is 2.59 bits per heavy atom. The lowest BCUT2D eigenvalue weighted by Crippen LogP contribution is -2.48. The molecule has 2 rings (SSSR count). The zero-order valence-electron chi connectivity index (χ0n) is 9.28. The largest absolute Gasteiger partial charge is 0.372 e. The molecule has 86 valence electrons. The van der Waals surface area contributed by atoms with E-state index >= 15 is 0 Å². The maximum atomic E-state index is 13.2. The van der Waals surface area contributed by atoms with Crippen LogP contribution in [0.25, 0.3) is 0 Å². The van der Waals surface area contributed by atoms with Crippen LogP contribution < -0.4 is 0 Å². The zero-order chi connectivity index (χ0) is 12.5. The quantitative estimate of drug-likeness (QED) is 0.791. The van der Waals surface area contributed by atoms with E-state index in [4.69, 9.17) is 6.42 Å². The summed E-state index contributed by atoms with van der Waals surface area (Å²) in [4.78, 5) is 0. The third-order valence-electron chi connectivity index (χ3n) is 3.56. The molecule has 0 amide bonds. The van der Waals surface area contributed by atoms with Gasteiger partial charge in [-0.1, -0.05) is 18.1 Å². The van der Waals surface area contributed by atoms with Crippen LogP contribution in [0, 0.1) is 34.9 Å². The number of rotatable bonds is 2. The summed E-state index contributed by atoms with van der Waals surface area (Å²) in [7, 11) is 0. The van der Waals surface area contributed by atoms with E-state index in [1.165, 1.54) is 18.2 Å². The van der Waals surface area contributed by atoms with Gasteiger partial charge in [0, 0.05) is 5.56 Å². The molecule has 0 bridgehead atoms. The number of halogens is 1. The second kappa shape index (κ2) is 3.87. The third-order valence-corrected chi connectivity index (χ3v) is 3.56. The van der Waals surface area contributed by atoms with Gasteiger partial charge in [-0.05, 0) is 31.4 Å². The van der Waals surface area contributed by atoms with Crippen LogP contribution in [0.5, 0.6) is 0 Å². The highest BCUT2D eigenvalue weighted by molar-refractivity contribution is 5.38. The van der Waals surface area contributed by atoms with Crippen molar-refractivity contribution < 1.29 is 9.50 Å². The summed E-state index contributed by atoms with van der Waals surface area (Å²) in [5.74, 6) is 1.81. The lowest BCUT2D eigenvalue weighted by molar-refractivity contribution is -0.0531. The van der Waals surface area contributed by atoms with E-state index in [9.17, 15) is 14.8 Å². The molecule has 2 nitrogen and oxygen atoms in total. The van der Waals surface area contributed by atoms with Gasteiger partial charge >= 0.3 is 0 Å². The minimum absolute atomic E-state index is 0.279. The van der Waals surface area contributed by atoms with Gasteiger partial charge in [0.25, 0.3) is 0 Å². The Bertz CT molecular complexity index is 522. The molecule has 1 fully saturated rings. The zero-order valence-corrected chi connectivity index (χ0v) is 9.28. The van der Waals surface area contributed by atoms with Crippen molar-refractivity contribution in [3.05, 3.63) is 35.6 Å². The molecule has 1 aliphatic carbocycles. The van der Waals surface area contributed by atoms with Gasteiger partial charge in [0.2, 0.25) is 0 Å². The Kier molecular flexibility index (Phi) is 2.65. The summed E-state index contributed by atoms with van der Waals surface area (Å²) in [5.41, 5.74) is -2.40. The first-order valence-electron chi connectivity index (χ1n) is 5.45. The van der Waals surface area contributed by atoms with E-state index in [2.05, 4.69) is 12.0 Å². The molecular formula is C14H12FNO. The van der Waals surface area contributed by atoms with E-state index in [0.717, 1.165) is 6.42 Å². The normalized spacial score (nSPS) is 20.5. The van der Waals surface area contributed by atoms with Gasteiger partial charge in [0.05, 0.1) is 6.07 Å². The first-order chi connectivity index (χ1) is 8.08. The smallest absolute Gasteiger partial charge is 0.169 e. The molecule has 1 aliphatic rings. The molecule has 1 aromatic carbocycles. The van der Waals surface area contributed by atoms with E-state index in [-0.39, 0.29) is 5.56 Å². The highest BCUT2D eigenvalue weighted by Gasteiger charge is 2.55. The van der Waals surface area contributed by atoms with Crippen molar-refractivity contribution in [1.29, 1.82) is 5.26 Å². The number of benzene rings is 1. The van der Waals surface area contributed by atoms with Crippen LogP contribution in [0.15, 0.2) is 24.3 Å². The molecule has 0 aliphatic heterocycles. The molecule has 1 N–H and O–H groups in total. The molecule has 1 atom stereocenters. The topological polar surface area (TPSA) is 44.0 Å². The molecule has 0 unspecified atom stereocenters. The molecule has 1 saturated carbocycles. The second-order valence-electron chi connectivity index (χ2n) is 4.41. The molecule has 0 heterocycles. The summed E-state index contributed by atoms with van der Waals surface area (Å²) >= 11 is 0. The maximum Gasteiger partial charge on any atom is 0.169 e. The fraction of sp³-hybridized carbons (Fsp3) is 0.357. The molecule has 0 radical (unpaired) electrons. The monoisotopic (exact) mass is 229 g/mol. The number of nitrogens with zero attached hydrogens (tertiary/aromatic N) is 1. The molecule has 3 heteroatoms. The van der Waals surface area contributed by atoms with Crippen LogP contribution in [-0.2, 0) is 5.60 Å². The first kappa shape index (κ1) is 11.6. The number of hydrogen-bond donors (Lipinski definition) is 1. The highest BCUT2D eigenvalue weighted by Crippen LogP contribution is 2.53. The van der Waals surface area contributed by atoms with E-state index in [0.29, 0.717) is 12.8 Å². The molecule has 0 spiro atoms. The standard InChI is InChI=1S/C14H12FNO/c1-2-14(17,13(10-16)7-4-8-13)11-5-3-6-12(15)9-11/h1,3,5-6,9,17H,4,7-8H2/t14-/m1/s1. The molecule has 17 heavy (non-hydrogen) atoms. The first-order valence-corrected chi connectivity index (χ1v) is 5.45. The van der Waals surface area contributed by atoms with Crippen molar-refractivity contribution in [3.63, 3.8) is 0 Å². The van der Waals surface area contributed by atoms with Gasteiger partial charge in [0.15, 0.2) is 5.60 Å². The van der Waals surface area contributed by atoms with Gasteiger partial charge in [-0.15, -0.1) is 6.42 Å². The molecular weight excluding hydrogens is 217 g/mol. The minimum atomic E-state index is -1.71. The van der Waals surface area contributed by atoms with Gasteiger partial charge < -0.3 is 5.11 Å². The fourth-order valence-electron chi connectivity index (χ4n) is 2.30. The Morgan fingerprint density at radius 2 is 2.18 bits per heavy atom. The lowest BCUT2D eigenvalue weighted by atomic mass is 9.58. The SMILES string of the molecule is C#C[C@@](O)(c1cccc(F)c1)C1(C#N)CCC1. The predicted octanol–water partition coefficient (Wildman–Crippen LogP) is 2.34.